The molecule has 0 aromatic heterocycles. The number of phosphoric ester groups is 1. The SMILES string of the molecule is CCCCCCCCCCCCCCCCCCCCC/C=C/CC/C=C/C(O)C(COP(=O)([O-])OCC[N+](C)(C)C)NC(=O)CCCCCCCCCCCCCCCCCCCCCCCCCCCCC. The molecule has 3 unspecified atom stereocenters. The number of phosphoric acid groups is 1. The first-order valence-electron chi connectivity index (χ1n) is 32.7. The summed E-state index contributed by atoms with van der Waals surface area (Å²) in [5, 5.41) is 13.9. The second-order valence-corrected chi connectivity index (χ2v) is 25.2. The van der Waals surface area contributed by atoms with Crippen LogP contribution in [0.25, 0.3) is 0 Å². The van der Waals surface area contributed by atoms with Gasteiger partial charge in [0.2, 0.25) is 5.91 Å². The van der Waals surface area contributed by atoms with Gasteiger partial charge >= 0.3 is 0 Å². The molecule has 0 spiro atoms. The number of unbranched alkanes of at least 4 members (excludes halogenated alkanes) is 46. The molecule has 0 aromatic carbocycles. The number of nitrogens with zero attached hydrogens (tertiary/aromatic N) is 1. The second kappa shape index (κ2) is 56.7. The highest BCUT2D eigenvalue weighted by atomic mass is 31.2. The molecular weight excluding hydrogens is 936 g/mol. The summed E-state index contributed by atoms with van der Waals surface area (Å²) in [4.78, 5) is 25.6. The number of rotatable bonds is 61. The zero-order chi connectivity index (χ0) is 54.2. The van der Waals surface area contributed by atoms with Gasteiger partial charge in [-0.25, -0.2) is 0 Å². The molecule has 1 amide bonds. The van der Waals surface area contributed by atoms with E-state index in [4.69, 9.17) is 9.05 Å². The van der Waals surface area contributed by atoms with Crippen molar-refractivity contribution in [2.45, 2.75) is 347 Å². The fourth-order valence-corrected chi connectivity index (χ4v) is 10.8. The van der Waals surface area contributed by atoms with Gasteiger partial charge in [-0.1, -0.05) is 321 Å². The summed E-state index contributed by atoms with van der Waals surface area (Å²) in [6.07, 6.45) is 72.9. The summed E-state index contributed by atoms with van der Waals surface area (Å²) >= 11 is 0. The summed E-state index contributed by atoms with van der Waals surface area (Å²) in [6.45, 7) is 4.69. The fourth-order valence-electron chi connectivity index (χ4n) is 10.1. The van der Waals surface area contributed by atoms with Crippen molar-refractivity contribution in [1.29, 1.82) is 0 Å². The topological polar surface area (TPSA) is 108 Å². The van der Waals surface area contributed by atoms with Gasteiger partial charge < -0.3 is 28.8 Å². The molecule has 74 heavy (non-hydrogen) atoms. The molecule has 2 N–H and O–H groups in total. The van der Waals surface area contributed by atoms with Crippen molar-refractivity contribution in [1.82, 2.24) is 5.32 Å². The third-order valence-electron chi connectivity index (χ3n) is 15.2. The maximum absolute atomic E-state index is 13.0. The third kappa shape index (κ3) is 58.7. The van der Waals surface area contributed by atoms with Crippen molar-refractivity contribution >= 4 is 13.7 Å². The van der Waals surface area contributed by atoms with Crippen molar-refractivity contribution in [3.63, 3.8) is 0 Å². The highest BCUT2D eigenvalue weighted by molar-refractivity contribution is 7.45. The first-order chi connectivity index (χ1) is 36.0. The standard InChI is InChI=1S/C65H129N2O6P/c1-6-8-10-12-14-16-18-20-22-24-26-28-30-32-33-35-37-39-41-43-45-47-49-51-53-55-57-59-65(69)66-63(62-73-74(70,71)72-61-60-67(3,4)5)64(68)58-56-54-52-50-48-46-44-42-40-38-36-34-31-29-27-25-23-21-19-17-15-13-11-9-7-2/h48,50,56,58,63-64,68H,6-47,49,51-55,57,59-62H2,1-5H3,(H-,66,69,70,71)/b50-48+,58-56+. The van der Waals surface area contributed by atoms with E-state index in [9.17, 15) is 19.4 Å². The minimum absolute atomic E-state index is 0.00350. The Hall–Kier alpha value is -1.02. The highest BCUT2D eigenvalue weighted by Gasteiger charge is 2.23. The van der Waals surface area contributed by atoms with Gasteiger partial charge in [0, 0.05) is 6.42 Å². The molecular formula is C65H129N2O6P. The van der Waals surface area contributed by atoms with Crippen LogP contribution < -0.4 is 10.2 Å². The number of carbonyl (C=O) groups is 1. The van der Waals surface area contributed by atoms with Crippen molar-refractivity contribution < 1.29 is 32.9 Å². The maximum Gasteiger partial charge on any atom is 0.268 e. The number of allylic oxidation sites excluding steroid dienone is 3. The van der Waals surface area contributed by atoms with Crippen molar-refractivity contribution in [3.05, 3.63) is 24.3 Å². The van der Waals surface area contributed by atoms with Crippen LogP contribution in [-0.4, -0.2) is 68.5 Å². The fraction of sp³-hybridized carbons (Fsp3) is 0.923. The monoisotopic (exact) mass is 1060 g/mol. The lowest BCUT2D eigenvalue weighted by molar-refractivity contribution is -0.870. The number of quaternary nitrogens is 1. The van der Waals surface area contributed by atoms with E-state index in [-0.39, 0.29) is 19.1 Å². The summed E-state index contributed by atoms with van der Waals surface area (Å²) in [6, 6.07) is -0.901. The molecule has 0 rings (SSSR count). The lowest BCUT2D eigenvalue weighted by Gasteiger charge is -2.29. The molecule has 0 aliphatic carbocycles. The van der Waals surface area contributed by atoms with E-state index in [0.29, 0.717) is 17.4 Å². The Morgan fingerprint density at radius 2 is 0.757 bits per heavy atom. The van der Waals surface area contributed by atoms with Gasteiger partial charge in [0.05, 0.1) is 39.9 Å². The number of hydrogen-bond donors (Lipinski definition) is 2. The lowest BCUT2D eigenvalue weighted by atomic mass is 10.0. The van der Waals surface area contributed by atoms with E-state index in [0.717, 1.165) is 38.5 Å². The van der Waals surface area contributed by atoms with Crippen molar-refractivity contribution in [2.24, 2.45) is 0 Å². The molecule has 3 atom stereocenters. The minimum Gasteiger partial charge on any atom is -0.756 e. The van der Waals surface area contributed by atoms with Gasteiger partial charge in [-0.15, -0.1) is 0 Å². The Kier molecular flexibility index (Phi) is 55.9. The Labute approximate surface area is 462 Å². The van der Waals surface area contributed by atoms with Gasteiger partial charge in [0.15, 0.2) is 0 Å². The number of aliphatic hydroxyl groups is 1. The molecule has 9 heteroatoms. The Bertz CT molecular complexity index is 1260. The lowest BCUT2D eigenvalue weighted by Crippen LogP contribution is -2.45. The molecule has 440 valence electrons. The highest BCUT2D eigenvalue weighted by Crippen LogP contribution is 2.38. The van der Waals surface area contributed by atoms with E-state index in [2.05, 4.69) is 31.3 Å². The third-order valence-corrected chi connectivity index (χ3v) is 16.1. The van der Waals surface area contributed by atoms with Crippen LogP contribution in [0.5, 0.6) is 0 Å². The zero-order valence-electron chi connectivity index (χ0n) is 50.3. The van der Waals surface area contributed by atoms with E-state index in [1.807, 2.05) is 27.2 Å². The van der Waals surface area contributed by atoms with Crippen LogP contribution in [0.4, 0.5) is 0 Å². The van der Waals surface area contributed by atoms with E-state index >= 15 is 0 Å². The van der Waals surface area contributed by atoms with Crippen molar-refractivity contribution in [3.8, 4) is 0 Å². The number of amides is 1. The molecule has 0 aliphatic rings. The molecule has 0 radical (unpaired) electrons. The predicted molar refractivity (Wildman–Crippen MR) is 321 cm³/mol. The largest absolute Gasteiger partial charge is 0.756 e. The quantitative estimate of drug-likeness (QED) is 0.0272. The smallest absolute Gasteiger partial charge is 0.268 e. The number of aliphatic hydroxyl groups excluding tert-OH is 1. The predicted octanol–water partition coefficient (Wildman–Crippen LogP) is 19.7. The number of hydrogen-bond acceptors (Lipinski definition) is 6. The average Bonchev–Trinajstić information content (AvgIpc) is 3.36. The van der Waals surface area contributed by atoms with Crippen LogP contribution >= 0.6 is 7.82 Å². The van der Waals surface area contributed by atoms with Crippen LogP contribution in [-0.2, 0) is 18.4 Å². The van der Waals surface area contributed by atoms with Crippen LogP contribution in [0.3, 0.4) is 0 Å². The molecule has 0 aliphatic heterocycles. The van der Waals surface area contributed by atoms with Gasteiger partial charge in [-0.3, -0.25) is 9.36 Å². The number of nitrogens with one attached hydrogen (secondary N) is 1. The van der Waals surface area contributed by atoms with Gasteiger partial charge in [0.1, 0.15) is 13.2 Å². The van der Waals surface area contributed by atoms with E-state index < -0.39 is 20.0 Å². The van der Waals surface area contributed by atoms with Gasteiger partial charge in [-0.2, -0.15) is 0 Å². The Balaban J connectivity index is 4.12. The van der Waals surface area contributed by atoms with Crippen LogP contribution in [0.1, 0.15) is 335 Å². The Morgan fingerprint density at radius 1 is 0.459 bits per heavy atom. The summed E-state index contributed by atoms with van der Waals surface area (Å²) in [5.41, 5.74) is 0. The van der Waals surface area contributed by atoms with Crippen LogP contribution in [0.2, 0.25) is 0 Å². The summed E-state index contributed by atoms with van der Waals surface area (Å²) < 4.78 is 23.4. The molecule has 0 fully saturated rings. The number of likely N-dealkylation sites (N-methyl/N-ethyl adjacent to an activating group) is 1. The summed E-state index contributed by atoms with van der Waals surface area (Å²) in [7, 11) is 1.26. The average molecular weight is 1070 g/mol. The zero-order valence-corrected chi connectivity index (χ0v) is 51.2. The first kappa shape index (κ1) is 73.0. The second-order valence-electron chi connectivity index (χ2n) is 23.8. The van der Waals surface area contributed by atoms with Gasteiger partial charge in [0.25, 0.3) is 7.82 Å². The van der Waals surface area contributed by atoms with E-state index in [1.165, 1.54) is 276 Å². The van der Waals surface area contributed by atoms with E-state index in [1.54, 1.807) is 6.08 Å². The molecule has 8 nitrogen and oxygen atoms in total. The molecule has 0 aromatic rings. The van der Waals surface area contributed by atoms with Gasteiger partial charge in [-0.05, 0) is 32.1 Å². The minimum atomic E-state index is -4.61. The van der Waals surface area contributed by atoms with Crippen LogP contribution in [0, 0.1) is 0 Å². The molecule has 0 saturated heterocycles. The van der Waals surface area contributed by atoms with Crippen LogP contribution in [0.15, 0.2) is 24.3 Å². The van der Waals surface area contributed by atoms with Crippen molar-refractivity contribution in [2.75, 3.05) is 40.9 Å². The molecule has 0 heterocycles. The Morgan fingerprint density at radius 3 is 1.09 bits per heavy atom. The maximum atomic E-state index is 13.0. The first-order valence-corrected chi connectivity index (χ1v) is 34.2. The number of carbonyl (C=O) groups excluding carboxylic acids is 1. The summed E-state index contributed by atoms with van der Waals surface area (Å²) in [5.74, 6) is -0.199. The molecule has 0 saturated carbocycles. The normalized spacial score (nSPS) is 13.9. The molecule has 0 bridgehead atoms.